The Morgan fingerprint density at radius 3 is 2.59 bits per heavy atom. The molecule has 0 aromatic heterocycles. The highest BCUT2D eigenvalue weighted by atomic mass is 16.9. The van der Waals surface area contributed by atoms with Gasteiger partial charge in [-0.2, -0.15) is 10.8 Å². The summed E-state index contributed by atoms with van der Waals surface area (Å²) >= 11 is 0. The molecule has 5 nitrogen and oxygen atoms in total. The fourth-order valence-corrected chi connectivity index (χ4v) is 1.50. The molecule has 0 heterocycles. The number of anilines is 1. The van der Waals surface area contributed by atoms with Gasteiger partial charge in [0.25, 0.3) is 0 Å². The molecule has 0 fully saturated rings. The van der Waals surface area contributed by atoms with Gasteiger partial charge in [-0.05, 0) is 25.0 Å². The van der Waals surface area contributed by atoms with Crippen LogP contribution in [0, 0.1) is 5.41 Å². The van der Waals surface area contributed by atoms with Crippen LogP contribution in [0.1, 0.15) is 26.3 Å². The molecular formula is C12H18N2O3. The van der Waals surface area contributed by atoms with E-state index in [1.54, 1.807) is 19.1 Å². The van der Waals surface area contributed by atoms with E-state index in [1.807, 2.05) is 26.0 Å². The third-order valence-corrected chi connectivity index (χ3v) is 2.88. The minimum Gasteiger partial charge on any atom is -0.299 e. The maximum Gasteiger partial charge on any atom is 0.135 e. The summed E-state index contributed by atoms with van der Waals surface area (Å²) in [6.07, 6.45) is 0.499. The average Bonchev–Trinajstić information content (AvgIpc) is 2.28. The molecule has 3 N–H and O–H groups in total. The topological polar surface area (TPSA) is 75.8 Å². The average molecular weight is 238 g/mol. The van der Waals surface area contributed by atoms with Crippen LogP contribution in [0.5, 0.6) is 0 Å². The molecule has 0 aliphatic rings. The zero-order valence-electron chi connectivity index (χ0n) is 10.3. The van der Waals surface area contributed by atoms with Gasteiger partial charge in [0.05, 0.1) is 5.69 Å². The summed E-state index contributed by atoms with van der Waals surface area (Å²) in [4.78, 5) is 15.7. The van der Waals surface area contributed by atoms with E-state index in [4.69, 9.17) is 5.90 Å². The molecule has 1 aromatic rings. The molecule has 0 radical (unpaired) electrons. The fourth-order valence-electron chi connectivity index (χ4n) is 1.50. The second-order valence-electron chi connectivity index (χ2n) is 4.62. The van der Waals surface area contributed by atoms with Crippen LogP contribution >= 0.6 is 0 Å². The summed E-state index contributed by atoms with van der Waals surface area (Å²) in [6, 6.07) is 7.07. The minimum absolute atomic E-state index is 0.0884. The number of Topliss-reactive ketones (excluding diaryl/α,β-unsaturated/α-hetero) is 1. The van der Waals surface area contributed by atoms with Crippen molar-refractivity contribution in [2.75, 3.05) is 5.23 Å². The molecule has 0 saturated heterocycles. The van der Waals surface area contributed by atoms with Crippen molar-refractivity contribution < 1.29 is 14.9 Å². The first kappa shape index (κ1) is 13.6. The summed E-state index contributed by atoms with van der Waals surface area (Å²) in [5.41, 5.74) is 0.732. The van der Waals surface area contributed by atoms with Crippen molar-refractivity contribution in [1.82, 2.24) is 0 Å². The Labute approximate surface area is 101 Å². The lowest BCUT2D eigenvalue weighted by atomic mass is 9.82. The number of hydrogen-bond acceptors (Lipinski definition) is 5. The SMILES string of the molecule is CC(=O)C(C)(C)Cc1ccccc1N(O)ON. The van der Waals surface area contributed by atoms with Crippen molar-refractivity contribution in [2.24, 2.45) is 11.3 Å². The molecule has 94 valence electrons. The van der Waals surface area contributed by atoms with Crippen molar-refractivity contribution in [1.29, 1.82) is 0 Å². The number of benzene rings is 1. The Balaban J connectivity index is 3.02. The standard InChI is InChI=1S/C12H18N2O3/c1-9(15)12(2,3)8-10-6-4-5-7-11(10)14(16)17-13/h4-7,16H,8,13H2,1-3H3. The first-order chi connectivity index (χ1) is 7.88. The first-order valence-electron chi connectivity index (χ1n) is 5.33. The number of nitrogens with two attached hydrogens (primary N) is 1. The lowest BCUT2D eigenvalue weighted by Crippen LogP contribution is -2.27. The molecule has 0 saturated carbocycles. The zero-order chi connectivity index (χ0) is 13.1. The van der Waals surface area contributed by atoms with Crippen LogP contribution in [0.2, 0.25) is 0 Å². The molecule has 0 spiro atoms. The number of ketones is 1. The van der Waals surface area contributed by atoms with E-state index in [9.17, 15) is 10.0 Å². The van der Waals surface area contributed by atoms with Crippen LogP contribution in [0.15, 0.2) is 24.3 Å². The number of rotatable bonds is 5. The highest BCUT2D eigenvalue weighted by molar-refractivity contribution is 5.82. The number of para-hydroxylation sites is 1. The van der Waals surface area contributed by atoms with Crippen molar-refractivity contribution in [3.63, 3.8) is 0 Å². The molecule has 1 rings (SSSR count). The molecule has 0 atom stereocenters. The Morgan fingerprint density at radius 2 is 2.06 bits per heavy atom. The summed E-state index contributed by atoms with van der Waals surface area (Å²) in [5.74, 6) is 4.99. The molecule has 0 bridgehead atoms. The predicted octanol–water partition coefficient (Wildman–Crippen LogP) is 1.85. The second-order valence-corrected chi connectivity index (χ2v) is 4.62. The van der Waals surface area contributed by atoms with Gasteiger partial charge in [0.1, 0.15) is 5.78 Å². The van der Waals surface area contributed by atoms with Gasteiger partial charge in [0, 0.05) is 5.41 Å². The molecule has 0 aliphatic carbocycles. The van der Waals surface area contributed by atoms with Crippen LogP contribution in [0.25, 0.3) is 0 Å². The highest BCUT2D eigenvalue weighted by Gasteiger charge is 2.25. The normalized spacial score (nSPS) is 11.4. The monoisotopic (exact) mass is 238 g/mol. The molecule has 0 amide bonds. The third kappa shape index (κ3) is 3.26. The Hall–Kier alpha value is -1.43. The second kappa shape index (κ2) is 5.27. The van der Waals surface area contributed by atoms with Crippen LogP contribution in [-0.4, -0.2) is 11.0 Å². The minimum atomic E-state index is -0.495. The van der Waals surface area contributed by atoms with Gasteiger partial charge in [0.2, 0.25) is 0 Å². The molecule has 17 heavy (non-hydrogen) atoms. The largest absolute Gasteiger partial charge is 0.299 e. The summed E-state index contributed by atoms with van der Waals surface area (Å²) in [5, 5.41) is 9.94. The maximum atomic E-state index is 11.5. The van der Waals surface area contributed by atoms with E-state index in [0.29, 0.717) is 17.3 Å². The first-order valence-corrected chi connectivity index (χ1v) is 5.33. The molecule has 0 unspecified atom stereocenters. The zero-order valence-corrected chi connectivity index (χ0v) is 10.3. The quantitative estimate of drug-likeness (QED) is 0.765. The molecular weight excluding hydrogens is 220 g/mol. The lowest BCUT2D eigenvalue weighted by molar-refractivity contribution is -0.124. The molecule has 5 heteroatoms. The highest BCUT2D eigenvalue weighted by Crippen LogP contribution is 2.28. The Kier molecular flexibility index (Phi) is 4.22. The lowest BCUT2D eigenvalue weighted by Gasteiger charge is -2.24. The van der Waals surface area contributed by atoms with E-state index >= 15 is 0 Å². The van der Waals surface area contributed by atoms with E-state index in [2.05, 4.69) is 4.94 Å². The van der Waals surface area contributed by atoms with Gasteiger partial charge in [-0.3, -0.25) is 10.0 Å². The number of nitrogens with zero attached hydrogens (tertiary/aromatic N) is 1. The summed E-state index contributed by atoms with van der Waals surface area (Å²) in [6.45, 7) is 5.27. The van der Waals surface area contributed by atoms with E-state index in [-0.39, 0.29) is 5.78 Å². The van der Waals surface area contributed by atoms with Crippen molar-refractivity contribution in [2.45, 2.75) is 27.2 Å². The number of carbonyl (C=O) groups is 1. The maximum absolute atomic E-state index is 11.5. The van der Waals surface area contributed by atoms with E-state index in [0.717, 1.165) is 5.56 Å². The van der Waals surface area contributed by atoms with Gasteiger partial charge >= 0.3 is 0 Å². The van der Waals surface area contributed by atoms with Crippen molar-refractivity contribution >= 4 is 11.5 Å². The van der Waals surface area contributed by atoms with Crippen LogP contribution in [0.4, 0.5) is 5.69 Å². The van der Waals surface area contributed by atoms with E-state index in [1.165, 1.54) is 0 Å². The van der Waals surface area contributed by atoms with Crippen LogP contribution < -0.4 is 11.1 Å². The van der Waals surface area contributed by atoms with Gasteiger partial charge in [-0.25, -0.2) is 0 Å². The smallest absolute Gasteiger partial charge is 0.135 e. The van der Waals surface area contributed by atoms with Crippen molar-refractivity contribution in [3.8, 4) is 0 Å². The van der Waals surface area contributed by atoms with Gasteiger partial charge in [-0.1, -0.05) is 32.0 Å². The molecule has 1 aromatic carbocycles. The number of carbonyl (C=O) groups excluding carboxylic acids is 1. The van der Waals surface area contributed by atoms with E-state index < -0.39 is 5.41 Å². The van der Waals surface area contributed by atoms with Gasteiger partial charge in [0.15, 0.2) is 0 Å². The van der Waals surface area contributed by atoms with Crippen LogP contribution in [0.3, 0.4) is 0 Å². The summed E-state index contributed by atoms with van der Waals surface area (Å²) < 4.78 is 0. The number of hydrogen-bond donors (Lipinski definition) is 2. The van der Waals surface area contributed by atoms with Crippen molar-refractivity contribution in [3.05, 3.63) is 29.8 Å². The Morgan fingerprint density at radius 1 is 1.47 bits per heavy atom. The van der Waals surface area contributed by atoms with Gasteiger partial charge < -0.3 is 0 Å². The summed E-state index contributed by atoms with van der Waals surface area (Å²) in [7, 11) is 0. The van der Waals surface area contributed by atoms with Gasteiger partial charge in [-0.15, -0.1) is 5.23 Å². The third-order valence-electron chi connectivity index (χ3n) is 2.88. The predicted molar refractivity (Wildman–Crippen MR) is 64.1 cm³/mol. The fraction of sp³-hybridized carbons (Fsp3) is 0.417. The molecule has 0 aliphatic heterocycles. The van der Waals surface area contributed by atoms with Crippen LogP contribution in [-0.2, 0) is 16.2 Å². The Bertz CT molecular complexity index is 404.